The van der Waals surface area contributed by atoms with Gasteiger partial charge >= 0.3 is 0 Å². The molecule has 0 spiro atoms. The molecule has 7 nitrogen and oxygen atoms in total. The number of thioether (sulfide) groups is 1. The van der Waals surface area contributed by atoms with Gasteiger partial charge in [-0.2, -0.15) is 15.4 Å². The topological polar surface area (TPSA) is 96.5 Å². The van der Waals surface area contributed by atoms with Crippen molar-refractivity contribution in [2.24, 2.45) is 0 Å². The van der Waals surface area contributed by atoms with Crippen LogP contribution in [0.5, 0.6) is 0 Å². The number of nitrogens with one attached hydrogen (secondary N) is 2. The first-order chi connectivity index (χ1) is 8.25. The van der Waals surface area contributed by atoms with Crippen LogP contribution in [0.15, 0.2) is 10.5 Å². The molecule has 2 rings (SSSR count). The van der Waals surface area contributed by atoms with E-state index >= 15 is 0 Å². The minimum Gasteiger partial charge on any atom is -0.350 e. The van der Waals surface area contributed by atoms with Gasteiger partial charge in [0.1, 0.15) is 5.01 Å². The molecule has 1 amide bonds. The molecule has 0 fully saturated rings. The van der Waals surface area contributed by atoms with E-state index in [-0.39, 0.29) is 5.91 Å². The van der Waals surface area contributed by atoms with Crippen LogP contribution in [-0.2, 0) is 0 Å². The Morgan fingerprint density at radius 2 is 2.47 bits per heavy atom. The van der Waals surface area contributed by atoms with E-state index in [1.54, 1.807) is 23.1 Å². The maximum Gasteiger partial charge on any atom is 0.273 e. The highest BCUT2D eigenvalue weighted by atomic mass is 32.2. The van der Waals surface area contributed by atoms with Gasteiger partial charge in [-0.25, -0.2) is 0 Å². The Morgan fingerprint density at radius 3 is 3.12 bits per heavy atom. The van der Waals surface area contributed by atoms with Gasteiger partial charge in [-0.1, -0.05) is 23.1 Å². The molecule has 0 unspecified atom stereocenters. The third kappa shape index (κ3) is 3.49. The second kappa shape index (κ2) is 5.73. The smallest absolute Gasteiger partial charge is 0.273 e. The Morgan fingerprint density at radius 1 is 1.59 bits per heavy atom. The fourth-order valence-electron chi connectivity index (χ4n) is 1.04. The summed E-state index contributed by atoms with van der Waals surface area (Å²) in [4.78, 5) is 11.5. The third-order valence-corrected chi connectivity index (χ3v) is 3.74. The van der Waals surface area contributed by atoms with E-state index in [1.807, 2.05) is 6.92 Å². The fourth-order valence-corrected chi connectivity index (χ4v) is 2.78. The van der Waals surface area contributed by atoms with E-state index < -0.39 is 0 Å². The molecule has 0 bridgehead atoms. The van der Waals surface area contributed by atoms with Crippen molar-refractivity contribution in [3.63, 3.8) is 0 Å². The normalized spacial score (nSPS) is 10.4. The number of hydrogen-bond acceptors (Lipinski definition) is 7. The summed E-state index contributed by atoms with van der Waals surface area (Å²) in [6, 6.07) is 0. The number of nitrogens with zero attached hydrogens (tertiary/aromatic N) is 4. The van der Waals surface area contributed by atoms with Crippen LogP contribution in [0.3, 0.4) is 0 Å². The summed E-state index contributed by atoms with van der Waals surface area (Å²) >= 11 is 3.11. The van der Waals surface area contributed by atoms with Gasteiger partial charge in [0.05, 0.1) is 6.20 Å². The monoisotopic (exact) mass is 270 g/mol. The molecule has 0 aliphatic rings. The molecule has 17 heavy (non-hydrogen) atoms. The van der Waals surface area contributed by atoms with Crippen molar-refractivity contribution in [2.45, 2.75) is 11.3 Å². The zero-order chi connectivity index (χ0) is 12.1. The molecule has 0 saturated carbocycles. The molecule has 0 atom stereocenters. The highest BCUT2D eigenvalue weighted by Crippen LogP contribution is 2.20. The Labute approximate surface area is 105 Å². The number of aryl methyl sites for hydroxylation is 1. The Bertz CT molecular complexity index is 482. The van der Waals surface area contributed by atoms with Crippen molar-refractivity contribution in [1.29, 1.82) is 0 Å². The molecule has 0 radical (unpaired) electrons. The van der Waals surface area contributed by atoms with Gasteiger partial charge in [-0.15, -0.1) is 10.2 Å². The number of rotatable bonds is 5. The van der Waals surface area contributed by atoms with E-state index in [4.69, 9.17) is 0 Å². The average molecular weight is 270 g/mol. The van der Waals surface area contributed by atoms with Crippen LogP contribution in [0.25, 0.3) is 0 Å². The molecule has 2 N–H and O–H groups in total. The average Bonchev–Trinajstić information content (AvgIpc) is 2.95. The molecule has 0 aliphatic heterocycles. The van der Waals surface area contributed by atoms with Crippen LogP contribution in [0.1, 0.15) is 15.5 Å². The maximum absolute atomic E-state index is 11.5. The van der Waals surface area contributed by atoms with E-state index in [9.17, 15) is 4.79 Å². The molecule has 2 heterocycles. The van der Waals surface area contributed by atoms with Crippen LogP contribution in [0, 0.1) is 6.92 Å². The van der Waals surface area contributed by atoms with Crippen LogP contribution in [0.2, 0.25) is 0 Å². The number of aromatic nitrogens is 5. The number of aromatic amines is 1. The Balaban J connectivity index is 1.68. The van der Waals surface area contributed by atoms with E-state index in [1.165, 1.54) is 6.20 Å². The van der Waals surface area contributed by atoms with E-state index in [2.05, 4.69) is 30.9 Å². The molecular formula is C8H10N6OS2. The zero-order valence-corrected chi connectivity index (χ0v) is 10.6. The zero-order valence-electron chi connectivity index (χ0n) is 9.01. The number of amides is 1. The van der Waals surface area contributed by atoms with Gasteiger partial charge in [0, 0.05) is 12.3 Å². The van der Waals surface area contributed by atoms with Gasteiger partial charge in [0.25, 0.3) is 5.91 Å². The molecule has 2 aromatic rings. The van der Waals surface area contributed by atoms with E-state index in [0.29, 0.717) is 12.2 Å². The minimum absolute atomic E-state index is 0.229. The summed E-state index contributed by atoms with van der Waals surface area (Å²) in [6.07, 6.45) is 1.39. The number of carbonyl (C=O) groups is 1. The Hall–Kier alpha value is -1.48. The van der Waals surface area contributed by atoms with Crippen molar-refractivity contribution in [3.8, 4) is 0 Å². The summed E-state index contributed by atoms with van der Waals surface area (Å²) in [5.41, 5.74) is 0.293. The molecule has 2 aromatic heterocycles. The van der Waals surface area contributed by atoms with Crippen molar-refractivity contribution < 1.29 is 4.79 Å². The van der Waals surface area contributed by atoms with Crippen LogP contribution in [0.4, 0.5) is 0 Å². The standard InChI is InChI=1S/C8H10N6OS2/c1-5-11-13-8(17-5)16-3-2-9-7(15)6-4-10-14-12-6/h4H,2-3H2,1H3,(H,9,15)(H,10,12,14). The lowest BCUT2D eigenvalue weighted by molar-refractivity contribution is 0.0951. The summed E-state index contributed by atoms with van der Waals surface area (Å²) < 4.78 is 0.915. The lowest BCUT2D eigenvalue weighted by Gasteiger charge is -2.00. The van der Waals surface area contributed by atoms with Crippen molar-refractivity contribution in [3.05, 3.63) is 16.9 Å². The SMILES string of the molecule is Cc1nnc(SCCNC(=O)c2cn[nH]n2)s1. The van der Waals surface area contributed by atoms with Gasteiger partial charge in [-0.3, -0.25) is 4.79 Å². The van der Waals surface area contributed by atoms with Gasteiger partial charge in [-0.05, 0) is 6.92 Å². The summed E-state index contributed by atoms with van der Waals surface area (Å²) in [6.45, 7) is 2.46. The van der Waals surface area contributed by atoms with Crippen LogP contribution < -0.4 is 5.32 Å². The first-order valence-corrected chi connectivity index (χ1v) is 6.63. The molecule has 0 aromatic carbocycles. The first kappa shape index (κ1) is 12.0. The minimum atomic E-state index is -0.229. The van der Waals surface area contributed by atoms with E-state index in [0.717, 1.165) is 15.1 Å². The number of carbonyl (C=O) groups excluding carboxylic acids is 1. The number of hydrogen-bond donors (Lipinski definition) is 2. The molecule has 9 heteroatoms. The fraction of sp³-hybridized carbons (Fsp3) is 0.375. The quantitative estimate of drug-likeness (QED) is 0.606. The predicted molar refractivity (Wildman–Crippen MR) is 64.1 cm³/mol. The van der Waals surface area contributed by atoms with Gasteiger partial charge < -0.3 is 5.32 Å². The molecule has 0 aliphatic carbocycles. The molecule has 90 valence electrons. The lowest BCUT2D eigenvalue weighted by atomic mass is 10.4. The highest BCUT2D eigenvalue weighted by Gasteiger charge is 2.07. The molecule has 0 saturated heterocycles. The number of H-pyrrole nitrogens is 1. The summed E-state index contributed by atoms with van der Waals surface area (Å²) in [5, 5.41) is 21.2. The summed E-state index contributed by atoms with van der Waals surface area (Å²) in [5.74, 6) is 0.519. The largest absolute Gasteiger partial charge is 0.350 e. The molecular weight excluding hydrogens is 260 g/mol. The highest BCUT2D eigenvalue weighted by molar-refractivity contribution is 8.01. The van der Waals surface area contributed by atoms with Gasteiger partial charge in [0.15, 0.2) is 10.0 Å². The van der Waals surface area contributed by atoms with Gasteiger partial charge in [0.2, 0.25) is 0 Å². The van der Waals surface area contributed by atoms with Crippen molar-refractivity contribution >= 4 is 29.0 Å². The second-order valence-corrected chi connectivity index (χ2v) is 5.57. The van der Waals surface area contributed by atoms with Crippen LogP contribution >= 0.6 is 23.1 Å². The maximum atomic E-state index is 11.5. The van der Waals surface area contributed by atoms with Crippen molar-refractivity contribution in [1.82, 2.24) is 30.9 Å². The second-order valence-electron chi connectivity index (χ2n) is 3.05. The Kier molecular flexibility index (Phi) is 4.04. The van der Waals surface area contributed by atoms with Crippen molar-refractivity contribution in [2.75, 3.05) is 12.3 Å². The van der Waals surface area contributed by atoms with Crippen LogP contribution in [-0.4, -0.2) is 43.8 Å². The lowest BCUT2D eigenvalue weighted by Crippen LogP contribution is -2.26. The first-order valence-electron chi connectivity index (χ1n) is 4.82. The predicted octanol–water partition coefficient (Wildman–Crippen LogP) is 0.487. The third-order valence-electron chi connectivity index (χ3n) is 1.77. The summed E-state index contributed by atoms with van der Waals surface area (Å²) in [7, 11) is 0.